The van der Waals surface area contributed by atoms with Crippen molar-refractivity contribution in [1.82, 2.24) is 4.98 Å². The molecule has 0 bridgehead atoms. The van der Waals surface area contributed by atoms with Crippen molar-refractivity contribution in [3.63, 3.8) is 0 Å². The van der Waals surface area contributed by atoms with Crippen LogP contribution in [0.3, 0.4) is 0 Å². The summed E-state index contributed by atoms with van der Waals surface area (Å²) in [6.45, 7) is 0. The van der Waals surface area contributed by atoms with Crippen LogP contribution in [0.15, 0.2) is 6.20 Å². The number of nitriles is 1. The highest BCUT2D eigenvalue weighted by molar-refractivity contribution is 14.1. The molecule has 1 heterocycles. The van der Waals surface area contributed by atoms with Crippen LogP contribution < -0.4 is 0 Å². The lowest BCUT2D eigenvalue weighted by Gasteiger charge is -2.11. The second kappa shape index (κ2) is 5.70. The Morgan fingerprint density at radius 3 is 2.73 bits per heavy atom. The van der Waals surface area contributed by atoms with Crippen molar-refractivity contribution < 1.29 is 8.78 Å². The Labute approximate surface area is 108 Å². The van der Waals surface area contributed by atoms with Crippen LogP contribution >= 0.6 is 38.5 Å². The zero-order valence-corrected chi connectivity index (χ0v) is 11.2. The summed E-state index contributed by atoms with van der Waals surface area (Å²) in [7, 11) is 0. The van der Waals surface area contributed by atoms with Crippen molar-refractivity contribution in [3.8, 4) is 6.07 Å². The Bertz CT molecular complexity index is 404. The largest absolute Gasteiger partial charge is 0.265 e. The number of hydrogen-bond acceptors (Lipinski definition) is 2. The van der Waals surface area contributed by atoms with Gasteiger partial charge < -0.3 is 0 Å². The Hall–Kier alpha value is -0.290. The van der Waals surface area contributed by atoms with Crippen LogP contribution in [0, 0.1) is 14.9 Å². The molecule has 80 valence electrons. The predicted octanol–water partition coefficient (Wildman–Crippen LogP) is 3.58. The maximum Gasteiger partial charge on any atom is 0.265 e. The van der Waals surface area contributed by atoms with Gasteiger partial charge >= 0.3 is 0 Å². The molecule has 6 heteroatoms. The molecule has 2 nitrogen and oxygen atoms in total. The number of nitrogens with zero attached hydrogens (tertiary/aromatic N) is 2. The van der Waals surface area contributed by atoms with Crippen molar-refractivity contribution in [1.29, 1.82) is 5.26 Å². The van der Waals surface area contributed by atoms with Gasteiger partial charge in [-0.25, -0.2) is 8.78 Å². The standard InChI is InChI=1S/C9H6BrF2IN2/c10-3-5-6(13)4-15-7(1-2-14)8(5)9(11)12/h4,9H,1,3H2. The summed E-state index contributed by atoms with van der Waals surface area (Å²) in [5.41, 5.74) is 0.577. The minimum Gasteiger partial charge on any atom is -0.259 e. The summed E-state index contributed by atoms with van der Waals surface area (Å²) >= 11 is 5.12. The van der Waals surface area contributed by atoms with E-state index in [1.807, 2.05) is 28.7 Å². The van der Waals surface area contributed by atoms with Crippen molar-refractivity contribution in [3.05, 3.63) is 26.6 Å². The lowest BCUT2D eigenvalue weighted by Crippen LogP contribution is -2.04. The second-order valence-electron chi connectivity index (χ2n) is 2.71. The van der Waals surface area contributed by atoms with Crippen molar-refractivity contribution in [2.45, 2.75) is 18.2 Å². The summed E-state index contributed by atoms with van der Waals surface area (Å²) < 4.78 is 26.3. The third-order valence-corrected chi connectivity index (χ3v) is 3.35. The molecular formula is C9H6BrF2IN2. The quantitative estimate of drug-likeness (QED) is 0.588. The summed E-state index contributed by atoms with van der Waals surface area (Å²) in [5.74, 6) is 0. The fourth-order valence-electron chi connectivity index (χ4n) is 1.19. The highest BCUT2D eigenvalue weighted by Crippen LogP contribution is 2.30. The monoisotopic (exact) mass is 386 g/mol. The smallest absolute Gasteiger partial charge is 0.259 e. The highest BCUT2D eigenvalue weighted by atomic mass is 127. The molecule has 0 aromatic carbocycles. The lowest BCUT2D eigenvalue weighted by atomic mass is 10.1. The van der Waals surface area contributed by atoms with Crippen LogP contribution in [-0.4, -0.2) is 4.98 Å². The average molecular weight is 387 g/mol. The summed E-state index contributed by atoms with van der Waals surface area (Å²) in [4.78, 5) is 3.87. The van der Waals surface area contributed by atoms with E-state index in [2.05, 4.69) is 20.9 Å². The number of hydrogen-bond donors (Lipinski definition) is 0. The molecule has 0 aliphatic carbocycles. The zero-order valence-electron chi connectivity index (χ0n) is 7.48. The summed E-state index contributed by atoms with van der Waals surface area (Å²) in [5, 5.41) is 8.85. The molecule has 0 N–H and O–H groups in total. The molecule has 1 aromatic rings. The van der Waals surface area contributed by atoms with Gasteiger partial charge in [0.25, 0.3) is 6.43 Å². The zero-order chi connectivity index (χ0) is 11.4. The van der Waals surface area contributed by atoms with E-state index in [9.17, 15) is 8.78 Å². The molecule has 0 fully saturated rings. The number of aromatic nitrogens is 1. The van der Waals surface area contributed by atoms with Crippen molar-refractivity contribution >= 4 is 38.5 Å². The first-order chi connectivity index (χ1) is 7.11. The third kappa shape index (κ3) is 2.84. The SMILES string of the molecule is N#CCc1ncc(I)c(CBr)c1C(F)F. The van der Waals surface area contributed by atoms with Gasteiger partial charge in [0.05, 0.1) is 18.2 Å². The molecule has 0 amide bonds. The Kier molecular flexibility index (Phi) is 4.86. The van der Waals surface area contributed by atoms with E-state index >= 15 is 0 Å². The molecule has 0 saturated heterocycles. The van der Waals surface area contributed by atoms with Crippen molar-refractivity contribution in [2.24, 2.45) is 0 Å². The Morgan fingerprint density at radius 1 is 1.60 bits per heavy atom. The minimum atomic E-state index is -2.59. The fraction of sp³-hybridized carbons (Fsp3) is 0.333. The fourth-order valence-corrected chi connectivity index (χ4v) is 2.94. The van der Waals surface area contributed by atoms with Gasteiger partial charge in [0, 0.05) is 20.7 Å². The van der Waals surface area contributed by atoms with Gasteiger partial charge in [-0.05, 0) is 28.2 Å². The molecule has 0 aliphatic rings. The lowest BCUT2D eigenvalue weighted by molar-refractivity contribution is 0.149. The van der Waals surface area contributed by atoms with E-state index in [1.165, 1.54) is 6.20 Å². The molecule has 1 rings (SSSR count). The van der Waals surface area contributed by atoms with Crippen LogP contribution in [0.1, 0.15) is 23.2 Å². The van der Waals surface area contributed by atoms with Gasteiger partial charge in [-0.2, -0.15) is 5.26 Å². The maximum absolute atomic E-state index is 12.8. The van der Waals surface area contributed by atoms with Crippen LogP contribution in [-0.2, 0) is 11.8 Å². The third-order valence-electron chi connectivity index (χ3n) is 1.86. The molecule has 15 heavy (non-hydrogen) atoms. The van der Waals surface area contributed by atoms with E-state index in [4.69, 9.17) is 5.26 Å². The topological polar surface area (TPSA) is 36.7 Å². The van der Waals surface area contributed by atoms with Crippen LogP contribution in [0.4, 0.5) is 8.78 Å². The van der Waals surface area contributed by atoms with Gasteiger partial charge in [0.15, 0.2) is 0 Å². The van der Waals surface area contributed by atoms with E-state index < -0.39 is 6.43 Å². The van der Waals surface area contributed by atoms with Gasteiger partial charge in [-0.1, -0.05) is 15.9 Å². The van der Waals surface area contributed by atoms with Gasteiger partial charge in [-0.15, -0.1) is 0 Å². The number of pyridine rings is 1. The first kappa shape index (κ1) is 12.8. The second-order valence-corrected chi connectivity index (χ2v) is 4.44. The molecule has 0 atom stereocenters. The highest BCUT2D eigenvalue weighted by Gasteiger charge is 2.20. The molecule has 0 radical (unpaired) electrons. The van der Waals surface area contributed by atoms with Gasteiger partial charge in [0.2, 0.25) is 0 Å². The number of halogens is 4. The number of rotatable bonds is 3. The Balaban J connectivity index is 3.36. The molecular weight excluding hydrogens is 381 g/mol. The number of alkyl halides is 3. The Morgan fingerprint density at radius 2 is 2.27 bits per heavy atom. The maximum atomic E-state index is 12.8. The van der Waals surface area contributed by atoms with E-state index in [0.29, 0.717) is 14.5 Å². The van der Waals surface area contributed by atoms with Crippen LogP contribution in [0.5, 0.6) is 0 Å². The normalized spacial score (nSPS) is 10.4. The molecule has 0 aliphatic heterocycles. The summed E-state index contributed by atoms with van der Waals surface area (Å²) in [6.07, 6.45) is -1.17. The molecule has 1 aromatic heterocycles. The summed E-state index contributed by atoms with van der Waals surface area (Å²) in [6, 6.07) is 1.84. The molecule has 0 saturated carbocycles. The first-order valence-electron chi connectivity index (χ1n) is 3.99. The van der Waals surface area contributed by atoms with Gasteiger partial charge in [-0.3, -0.25) is 4.98 Å². The van der Waals surface area contributed by atoms with Crippen molar-refractivity contribution in [2.75, 3.05) is 0 Å². The predicted molar refractivity (Wildman–Crippen MR) is 63.9 cm³/mol. The average Bonchev–Trinajstić information content (AvgIpc) is 2.20. The molecule has 0 unspecified atom stereocenters. The molecule has 0 spiro atoms. The van der Waals surface area contributed by atoms with Crippen LogP contribution in [0.25, 0.3) is 0 Å². The van der Waals surface area contributed by atoms with Crippen LogP contribution in [0.2, 0.25) is 0 Å². The van der Waals surface area contributed by atoms with E-state index in [-0.39, 0.29) is 17.7 Å². The van der Waals surface area contributed by atoms with Gasteiger partial charge in [0.1, 0.15) is 0 Å². The van der Waals surface area contributed by atoms with E-state index in [1.54, 1.807) is 0 Å². The first-order valence-corrected chi connectivity index (χ1v) is 6.19. The van der Waals surface area contributed by atoms with E-state index in [0.717, 1.165) is 0 Å². The minimum absolute atomic E-state index is 0.0867.